The Labute approximate surface area is 243 Å². The van der Waals surface area contributed by atoms with Gasteiger partial charge in [-0.2, -0.15) is 0 Å². The normalized spacial score (nSPS) is 20.4. The lowest BCUT2D eigenvalue weighted by atomic mass is 9.69. The molecule has 220 valence electrons. The molecular formula is C35H45FN2O3. The lowest BCUT2D eigenvalue weighted by Gasteiger charge is -2.37. The van der Waals surface area contributed by atoms with Crippen LogP contribution >= 0.6 is 0 Å². The van der Waals surface area contributed by atoms with Crippen LogP contribution in [-0.2, 0) is 4.79 Å². The Hall–Kier alpha value is -3.15. The molecule has 2 fully saturated rings. The Bertz CT molecular complexity index is 1320. The van der Waals surface area contributed by atoms with Gasteiger partial charge in [0.1, 0.15) is 17.2 Å². The molecule has 0 aliphatic heterocycles. The largest absolute Gasteiger partial charge is 0.455 e. The number of anilines is 1. The molecule has 2 atom stereocenters. The van der Waals surface area contributed by atoms with Crippen LogP contribution in [0.1, 0.15) is 112 Å². The molecule has 2 aromatic carbocycles. The van der Waals surface area contributed by atoms with Crippen molar-refractivity contribution in [3.63, 3.8) is 0 Å². The van der Waals surface area contributed by atoms with Gasteiger partial charge in [0, 0.05) is 30.6 Å². The van der Waals surface area contributed by atoms with Gasteiger partial charge in [0.2, 0.25) is 6.41 Å². The highest BCUT2D eigenvalue weighted by Crippen LogP contribution is 2.47. The van der Waals surface area contributed by atoms with Crippen molar-refractivity contribution in [3.05, 3.63) is 53.3 Å². The number of rotatable bonds is 9. The second-order valence-electron chi connectivity index (χ2n) is 12.2. The van der Waals surface area contributed by atoms with Crippen molar-refractivity contribution in [3.8, 4) is 11.3 Å². The van der Waals surface area contributed by atoms with Gasteiger partial charge in [-0.25, -0.2) is 4.39 Å². The number of hydrogen-bond donors (Lipinski definition) is 1. The molecular weight excluding hydrogens is 515 g/mol. The van der Waals surface area contributed by atoms with E-state index < -0.39 is 0 Å². The zero-order valence-electron chi connectivity index (χ0n) is 24.7. The first-order valence-corrected chi connectivity index (χ1v) is 15.8. The Morgan fingerprint density at radius 2 is 1.71 bits per heavy atom. The number of fused-ring (bicyclic) bond motifs is 1. The van der Waals surface area contributed by atoms with Crippen LogP contribution in [0.3, 0.4) is 0 Å². The van der Waals surface area contributed by atoms with Gasteiger partial charge >= 0.3 is 0 Å². The highest BCUT2D eigenvalue weighted by Gasteiger charge is 2.32. The summed E-state index contributed by atoms with van der Waals surface area (Å²) in [5, 5.41) is 3.53. The molecule has 6 heteroatoms. The van der Waals surface area contributed by atoms with Gasteiger partial charge in [0.15, 0.2) is 0 Å². The van der Waals surface area contributed by atoms with Gasteiger partial charge < -0.3 is 14.6 Å². The quantitative estimate of drug-likeness (QED) is 0.266. The van der Waals surface area contributed by atoms with Crippen LogP contribution in [0.15, 0.2) is 40.8 Å². The topological polar surface area (TPSA) is 62.6 Å². The predicted molar refractivity (Wildman–Crippen MR) is 164 cm³/mol. The molecule has 5 rings (SSSR count). The molecule has 3 aromatic rings. The average Bonchev–Trinajstić information content (AvgIpc) is 3.35. The monoisotopic (exact) mass is 560 g/mol. The van der Waals surface area contributed by atoms with E-state index in [1.54, 1.807) is 19.2 Å². The van der Waals surface area contributed by atoms with Crippen molar-refractivity contribution in [2.45, 2.75) is 96.3 Å². The summed E-state index contributed by atoms with van der Waals surface area (Å²) in [6.45, 7) is 2.77. The van der Waals surface area contributed by atoms with Gasteiger partial charge in [0.25, 0.3) is 5.91 Å². The molecule has 0 spiro atoms. The first kappa shape index (κ1) is 29.3. The second kappa shape index (κ2) is 13.7. The fraction of sp³-hybridized carbons (Fsp3) is 0.543. The van der Waals surface area contributed by atoms with E-state index in [1.165, 1.54) is 69.9 Å². The zero-order chi connectivity index (χ0) is 28.8. The number of carbonyl (C=O) groups is 2. The van der Waals surface area contributed by atoms with Crippen LogP contribution in [0, 0.1) is 17.7 Å². The third-order valence-corrected chi connectivity index (χ3v) is 9.56. The number of nitrogens with one attached hydrogen (secondary N) is 1. The molecule has 1 aromatic heterocycles. The molecule has 2 unspecified atom stereocenters. The summed E-state index contributed by atoms with van der Waals surface area (Å²) in [6, 6.07) is 10.1. The fourth-order valence-electron chi connectivity index (χ4n) is 7.34. The third-order valence-electron chi connectivity index (χ3n) is 9.56. The SMILES string of the molecule is CCCCN(C=O)c1cc2oc(-c3ccc(F)cc3)c(C(=O)NC)c2cc1C1CCCC(C2CCCCCCC2)C1. The van der Waals surface area contributed by atoms with Crippen molar-refractivity contribution in [1.82, 2.24) is 5.32 Å². The van der Waals surface area contributed by atoms with Crippen molar-refractivity contribution >= 4 is 29.0 Å². The number of halogens is 1. The highest BCUT2D eigenvalue weighted by atomic mass is 19.1. The maximum atomic E-state index is 13.7. The number of nitrogens with zero attached hydrogens (tertiary/aromatic N) is 1. The van der Waals surface area contributed by atoms with E-state index in [2.05, 4.69) is 18.3 Å². The van der Waals surface area contributed by atoms with E-state index in [9.17, 15) is 14.0 Å². The number of furan rings is 1. The minimum Gasteiger partial charge on any atom is -0.455 e. The number of amides is 2. The first-order valence-electron chi connectivity index (χ1n) is 15.8. The van der Waals surface area contributed by atoms with Gasteiger partial charge in [0.05, 0.1) is 11.3 Å². The number of unbranched alkanes of at least 4 members (excludes halogenated alkanes) is 1. The first-order chi connectivity index (χ1) is 20.0. The van der Waals surface area contributed by atoms with Crippen LogP contribution in [0.2, 0.25) is 0 Å². The summed E-state index contributed by atoms with van der Waals surface area (Å²) >= 11 is 0. The third kappa shape index (κ3) is 6.52. The van der Waals surface area contributed by atoms with Crippen LogP contribution < -0.4 is 10.2 Å². The summed E-state index contributed by atoms with van der Waals surface area (Å²) in [6.07, 6.45) is 17.0. The Balaban J connectivity index is 1.61. The summed E-state index contributed by atoms with van der Waals surface area (Å²) < 4.78 is 20.1. The van der Waals surface area contributed by atoms with Crippen molar-refractivity contribution < 1.29 is 18.4 Å². The Morgan fingerprint density at radius 1 is 1.00 bits per heavy atom. The Morgan fingerprint density at radius 3 is 2.39 bits per heavy atom. The molecule has 2 saturated carbocycles. The van der Waals surface area contributed by atoms with Gasteiger partial charge in [-0.15, -0.1) is 0 Å². The lowest BCUT2D eigenvalue weighted by molar-refractivity contribution is -0.107. The smallest absolute Gasteiger partial charge is 0.255 e. The maximum absolute atomic E-state index is 13.7. The standard InChI is InChI=1S/C35H45FN2O3/c1-3-4-19-38(23-39)31-22-32-30(33(35(40)37-2)34(41-32)25-15-17-28(36)18-16-25)21-29(31)27-14-10-13-26(20-27)24-11-8-6-5-7-9-12-24/h15-18,21-24,26-27H,3-14,19-20H2,1-2H3,(H,37,40). The van der Waals surface area contributed by atoms with E-state index in [0.717, 1.165) is 54.6 Å². The molecule has 2 aliphatic carbocycles. The minimum absolute atomic E-state index is 0.240. The number of carbonyl (C=O) groups excluding carboxylic acids is 2. The van der Waals surface area contributed by atoms with Crippen LogP contribution in [0.25, 0.3) is 22.3 Å². The van der Waals surface area contributed by atoms with Crippen molar-refractivity contribution in [2.75, 3.05) is 18.5 Å². The number of benzene rings is 2. The zero-order valence-corrected chi connectivity index (χ0v) is 24.7. The highest BCUT2D eigenvalue weighted by molar-refractivity contribution is 6.12. The predicted octanol–water partition coefficient (Wildman–Crippen LogP) is 9.00. The molecule has 41 heavy (non-hydrogen) atoms. The average molecular weight is 561 g/mol. The summed E-state index contributed by atoms with van der Waals surface area (Å²) in [4.78, 5) is 27.5. The summed E-state index contributed by atoms with van der Waals surface area (Å²) in [5.74, 6) is 1.65. The summed E-state index contributed by atoms with van der Waals surface area (Å²) in [7, 11) is 1.62. The van der Waals surface area contributed by atoms with E-state index in [1.807, 2.05) is 11.0 Å². The molecule has 0 saturated heterocycles. The number of hydrogen-bond acceptors (Lipinski definition) is 3. The fourth-order valence-corrected chi connectivity index (χ4v) is 7.34. The van der Waals surface area contributed by atoms with E-state index in [0.29, 0.717) is 40.9 Å². The summed E-state index contributed by atoms with van der Waals surface area (Å²) in [5.41, 5.74) is 3.71. The molecule has 1 N–H and O–H groups in total. The van der Waals surface area contributed by atoms with Crippen LogP contribution in [-0.4, -0.2) is 25.9 Å². The molecule has 0 radical (unpaired) electrons. The van der Waals surface area contributed by atoms with E-state index in [4.69, 9.17) is 4.42 Å². The van der Waals surface area contributed by atoms with Gasteiger partial charge in [-0.1, -0.05) is 71.1 Å². The van der Waals surface area contributed by atoms with Crippen LogP contribution in [0.4, 0.5) is 10.1 Å². The minimum atomic E-state index is -0.343. The van der Waals surface area contributed by atoms with E-state index >= 15 is 0 Å². The van der Waals surface area contributed by atoms with E-state index in [-0.39, 0.29) is 11.7 Å². The van der Waals surface area contributed by atoms with Crippen molar-refractivity contribution in [2.24, 2.45) is 11.8 Å². The van der Waals surface area contributed by atoms with Gasteiger partial charge in [-0.05, 0) is 72.9 Å². The van der Waals surface area contributed by atoms with Crippen molar-refractivity contribution in [1.29, 1.82) is 0 Å². The molecule has 1 heterocycles. The van der Waals surface area contributed by atoms with Crippen LogP contribution in [0.5, 0.6) is 0 Å². The van der Waals surface area contributed by atoms with Gasteiger partial charge in [-0.3, -0.25) is 9.59 Å². The molecule has 2 amide bonds. The lowest BCUT2D eigenvalue weighted by Crippen LogP contribution is -2.27. The molecule has 2 aliphatic rings. The molecule has 0 bridgehead atoms. The molecule has 5 nitrogen and oxygen atoms in total. The second-order valence-corrected chi connectivity index (χ2v) is 12.2. The Kier molecular flexibility index (Phi) is 9.79. The maximum Gasteiger partial charge on any atom is 0.255 e.